The van der Waals surface area contributed by atoms with Crippen molar-refractivity contribution in [2.75, 3.05) is 29.9 Å². The number of hydrogen-bond donors (Lipinski definition) is 1. The summed E-state index contributed by atoms with van der Waals surface area (Å²) < 4.78 is 53.5. The lowest BCUT2D eigenvalue weighted by Gasteiger charge is -2.40. The Kier molecular flexibility index (Phi) is 6.41. The summed E-state index contributed by atoms with van der Waals surface area (Å²) in [6.07, 6.45) is -4.80. The van der Waals surface area contributed by atoms with Gasteiger partial charge in [-0.25, -0.2) is 9.18 Å². The van der Waals surface area contributed by atoms with Crippen molar-refractivity contribution in [3.05, 3.63) is 84.2 Å². The summed E-state index contributed by atoms with van der Waals surface area (Å²) in [7, 11) is 0. The van der Waals surface area contributed by atoms with Crippen LogP contribution >= 0.6 is 0 Å². The summed E-state index contributed by atoms with van der Waals surface area (Å²) in [5.41, 5.74) is 0.00619. The number of halogens is 4. The molecule has 0 radical (unpaired) electrons. The van der Waals surface area contributed by atoms with E-state index in [9.17, 15) is 22.4 Å². The van der Waals surface area contributed by atoms with Crippen molar-refractivity contribution in [1.29, 1.82) is 0 Å². The first-order valence-electron chi connectivity index (χ1n) is 11.7. The second-order valence-corrected chi connectivity index (χ2v) is 8.89. The zero-order valence-electron chi connectivity index (χ0n) is 19.8. The molecular formula is C27H23F4N5O. The SMILES string of the molecule is C[C@H]1CN(c2nnc(-c3ccccc3)c3ccccc23)CCN1C(=O)Nc1ccc(F)cc1C(F)(F)F. The molecule has 6 nitrogen and oxygen atoms in total. The summed E-state index contributed by atoms with van der Waals surface area (Å²) in [5.74, 6) is -0.348. The van der Waals surface area contributed by atoms with Crippen LogP contribution in [0.5, 0.6) is 0 Å². The predicted molar refractivity (Wildman–Crippen MR) is 134 cm³/mol. The van der Waals surface area contributed by atoms with Crippen LogP contribution in [0.3, 0.4) is 0 Å². The average molecular weight is 510 g/mol. The molecule has 1 N–H and O–H groups in total. The largest absolute Gasteiger partial charge is 0.418 e. The first kappa shape index (κ1) is 24.5. The third-order valence-corrected chi connectivity index (χ3v) is 6.43. The molecule has 1 saturated heterocycles. The molecular weight excluding hydrogens is 486 g/mol. The Balaban J connectivity index is 1.36. The van der Waals surface area contributed by atoms with Gasteiger partial charge in [0.25, 0.3) is 0 Å². The van der Waals surface area contributed by atoms with Gasteiger partial charge >= 0.3 is 12.2 Å². The Bertz CT molecular complexity index is 1440. The lowest BCUT2D eigenvalue weighted by molar-refractivity contribution is -0.137. The van der Waals surface area contributed by atoms with Gasteiger partial charge in [-0.2, -0.15) is 13.2 Å². The Morgan fingerprint density at radius 2 is 1.65 bits per heavy atom. The summed E-state index contributed by atoms with van der Waals surface area (Å²) in [6.45, 7) is 2.89. The van der Waals surface area contributed by atoms with Crippen LogP contribution in [0.1, 0.15) is 12.5 Å². The van der Waals surface area contributed by atoms with Gasteiger partial charge in [0.2, 0.25) is 0 Å². The maximum atomic E-state index is 13.4. The number of nitrogens with zero attached hydrogens (tertiary/aromatic N) is 4. The second kappa shape index (κ2) is 9.68. The summed E-state index contributed by atoms with van der Waals surface area (Å²) >= 11 is 0. The lowest BCUT2D eigenvalue weighted by atomic mass is 10.0. The molecule has 0 saturated carbocycles. The van der Waals surface area contributed by atoms with Crippen LogP contribution in [-0.2, 0) is 6.18 Å². The molecule has 0 bridgehead atoms. The monoisotopic (exact) mass is 509 g/mol. The molecule has 5 rings (SSSR count). The van der Waals surface area contributed by atoms with Crippen molar-refractivity contribution in [3.8, 4) is 11.3 Å². The molecule has 1 atom stereocenters. The van der Waals surface area contributed by atoms with Crippen molar-refractivity contribution in [1.82, 2.24) is 15.1 Å². The molecule has 0 spiro atoms. The highest BCUT2D eigenvalue weighted by Gasteiger charge is 2.36. The Hall–Kier alpha value is -4.21. The average Bonchev–Trinajstić information content (AvgIpc) is 2.89. The molecule has 0 unspecified atom stereocenters. The zero-order chi connectivity index (χ0) is 26.2. The molecule has 2 amide bonds. The van der Waals surface area contributed by atoms with E-state index in [2.05, 4.69) is 15.5 Å². The quantitative estimate of drug-likeness (QED) is 0.334. The van der Waals surface area contributed by atoms with Crippen LogP contribution in [0.15, 0.2) is 72.8 Å². The van der Waals surface area contributed by atoms with Crippen molar-refractivity contribution in [3.63, 3.8) is 0 Å². The zero-order valence-corrected chi connectivity index (χ0v) is 19.8. The van der Waals surface area contributed by atoms with Gasteiger partial charge < -0.3 is 15.1 Å². The number of urea groups is 1. The van der Waals surface area contributed by atoms with Crippen LogP contribution in [0.4, 0.5) is 33.9 Å². The van der Waals surface area contributed by atoms with Crippen LogP contribution < -0.4 is 10.2 Å². The molecule has 37 heavy (non-hydrogen) atoms. The first-order valence-corrected chi connectivity index (χ1v) is 11.7. The minimum atomic E-state index is -4.80. The van der Waals surface area contributed by atoms with E-state index < -0.39 is 29.3 Å². The fraction of sp³-hybridized carbons (Fsp3) is 0.222. The number of nitrogens with one attached hydrogen (secondary N) is 1. The number of amides is 2. The highest BCUT2D eigenvalue weighted by molar-refractivity contribution is 6.00. The van der Waals surface area contributed by atoms with Gasteiger partial charge in [-0.1, -0.05) is 54.6 Å². The fourth-order valence-electron chi connectivity index (χ4n) is 4.63. The molecule has 3 aromatic carbocycles. The number of fused-ring (bicyclic) bond motifs is 1. The maximum Gasteiger partial charge on any atom is 0.418 e. The van der Waals surface area contributed by atoms with E-state index in [-0.39, 0.29) is 12.6 Å². The third kappa shape index (κ3) is 4.91. The van der Waals surface area contributed by atoms with Gasteiger partial charge in [-0.3, -0.25) is 0 Å². The number of carbonyl (C=O) groups excluding carboxylic acids is 1. The van der Waals surface area contributed by atoms with E-state index in [0.29, 0.717) is 25.0 Å². The Morgan fingerprint density at radius 1 is 0.946 bits per heavy atom. The van der Waals surface area contributed by atoms with Gasteiger partial charge in [0.15, 0.2) is 5.82 Å². The number of alkyl halides is 3. The van der Waals surface area contributed by atoms with E-state index in [1.54, 1.807) is 0 Å². The molecule has 2 heterocycles. The van der Waals surface area contributed by atoms with Crippen molar-refractivity contribution in [2.45, 2.75) is 19.1 Å². The number of anilines is 2. The predicted octanol–water partition coefficient (Wildman–Crippen LogP) is 6.20. The van der Waals surface area contributed by atoms with Crippen LogP contribution in [0.2, 0.25) is 0 Å². The van der Waals surface area contributed by atoms with Crippen LogP contribution in [0.25, 0.3) is 22.0 Å². The topological polar surface area (TPSA) is 61.4 Å². The minimum Gasteiger partial charge on any atom is -0.351 e. The smallest absolute Gasteiger partial charge is 0.351 e. The number of rotatable bonds is 3. The van der Waals surface area contributed by atoms with Gasteiger partial charge in [0.05, 0.1) is 11.3 Å². The second-order valence-electron chi connectivity index (χ2n) is 8.89. The van der Waals surface area contributed by atoms with Gasteiger partial charge in [0.1, 0.15) is 11.5 Å². The van der Waals surface area contributed by atoms with Crippen molar-refractivity contribution in [2.24, 2.45) is 0 Å². The van der Waals surface area contributed by atoms with E-state index in [4.69, 9.17) is 0 Å². The lowest BCUT2D eigenvalue weighted by Crippen LogP contribution is -2.55. The summed E-state index contributed by atoms with van der Waals surface area (Å²) in [4.78, 5) is 16.4. The van der Waals surface area contributed by atoms with E-state index in [1.165, 1.54) is 4.90 Å². The highest BCUT2D eigenvalue weighted by Crippen LogP contribution is 2.36. The third-order valence-electron chi connectivity index (χ3n) is 6.43. The van der Waals surface area contributed by atoms with Crippen LogP contribution in [0, 0.1) is 5.82 Å². The van der Waals surface area contributed by atoms with Gasteiger partial charge in [0, 0.05) is 42.0 Å². The molecule has 190 valence electrons. The van der Waals surface area contributed by atoms with E-state index in [1.807, 2.05) is 66.4 Å². The minimum absolute atomic E-state index is 0.256. The molecule has 10 heteroatoms. The van der Waals surface area contributed by atoms with E-state index in [0.717, 1.165) is 34.2 Å². The molecule has 0 aliphatic carbocycles. The Labute approximate surface area is 210 Å². The molecule has 1 aliphatic rings. The Morgan fingerprint density at radius 3 is 2.35 bits per heavy atom. The number of hydrogen-bond acceptors (Lipinski definition) is 4. The number of piperazine rings is 1. The molecule has 1 aromatic heterocycles. The normalized spacial score (nSPS) is 16.2. The first-order chi connectivity index (χ1) is 17.7. The number of aromatic nitrogens is 2. The fourth-order valence-corrected chi connectivity index (χ4v) is 4.63. The maximum absolute atomic E-state index is 13.4. The van der Waals surface area contributed by atoms with E-state index >= 15 is 0 Å². The number of benzene rings is 3. The number of carbonyl (C=O) groups is 1. The molecule has 4 aromatic rings. The standard InChI is InChI=1S/C27H23F4N5O/c1-17-16-35(13-14-36(17)26(37)32-23-12-11-19(28)15-22(23)27(29,30)31)25-21-10-6-5-9-20(21)24(33-34-25)18-7-3-2-4-8-18/h2-12,15,17H,13-14,16H2,1H3,(H,32,37)/t17-/m0/s1. The molecule has 1 fully saturated rings. The van der Waals surface area contributed by atoms with Gasteiger partial charge in [-0.05, 0) is 25.1 Å². The van der Waals surface area contributed by atoms with Gasteiger partial charge in [-0.15, -0.1) is 10.2 Å². The van der Waals surface area contributed by atoms with Crippen LogP contribution in [-0.4, -0.2) is 46.8 Å². The summed E-state index contributed by atoms with van der Waals surface area (Å²) in [5, 5.41) is 13.2. The summed E-state index contributed by atoms with van der Waals surface area (Å²) in [6, 6.07) is 18.8. The molecule has 1 aliphatic heterocycles. The highest BCUT2D eigenvalue weighted by atomic mass is 19.4. The van der Waals surface area contributed by atoms with Crippen molar-refractivity contribution < 1.29 is 22.4 Å². The van der Waals surface area contributed by atoms with Crippen molar-refractivity contribution >= 4 is 28.3 Å².